The first-order chi connectivity index (χ1) is 11.0. The van der Waals surface area contributed by atoms with Crippen LogP contribution in [0.3, 0.4) is 0 Å². The summed E-state index contributed by atoms with van der Waals surface area (Å²) in [7, 11) is 1.92. The maximum absolute atomic E-state index is 11.9. The summed E-state index contributed by atoms with van der Waals surface area (Å²) in [5.74, 6) is -0.492. The minimum atomic E-state index is -0.841. The molecule has 0 saturated carbocycles. The first-order valence-corrected chi connectivity index (χ1v) is 7.41. The monoisotopic (exact) mass is 317 g/mol. The van der Waals surface area contributed by atoms with E-state index < -0.39 is 12.1 Å². The van der Waals surface area contributed by atoms with Gasteiger partial charge in [0.2, 0.25) is 6.33 Å². The van der Waals surface area contributed by atoms with Crippen molar-refractivity contribution in [3.05, 3.63) is 54.1 Å². The van der Waals surface area contributed by atoms with E-state index in [1.54, 1.807) is 24.3 Å². The summed E-state index contributed by atoms with van der Waals surface area (Å²) in [6.07, 6.45) is 4.94. The fourth-order valence-electron chi connectivity index (χ4n) is 2.19. The highest BCUT2D eigenvalue weighted by molar-refractivity contribution is 5.89. The van der Waals surface area contributed by atoms with Gasteiger partial charge in [0, 0.05) is 6.42 Å². The Hall–Kier alpha value is -2.47. The summed E-state index contributed by atoms with van der Waals surface area (Å²) in [5, 5.41) is 9.85. The molecule has 0 aliphatic rings. The van der Waals surface area contributed by atoms with E-state index >= 15 is 0 Å². The van der Waals surface area contributed by atoms with E-state index in [1.165, 1.54) is 6.92 Å². The van der Waals surface area contributed by atoms with Gasteiger partial charge in [-0.25, -0.2) is 13.9 Å². The number of hydrogen-bond acceptors (Lipinski definition) is 4. The van der Waals surface area contributed by atoms with Crippen LogP contribution in [0.5, 0.6) is 0 Å². The van der Waals surface area contributed by atoms with Crippen molar-refractivity contribution in [2.75, 3.05) is 6.61 Å². The summed E-state index contributed by atoms with van der Waals surface area (Å²) < 4.78 is 9.06. The molecule has 1 aromatic carbocycles. The van der Waals surface area contributed by atoms with Gasteiger partial charge in [-0.2, -0.15) is 0 Å². The zero-order valence-corrected chi connectivity index (χ0v) is 13.3. The van der Waals surface area contributed by atoms with Crippen LogP contribution in [0.25, 0.3) is 0 Å². The molecule has 23 heavy (non-hydrogen) atoms. The molecule has 6 nitrogen and oxygen atoms in total. The van der Waals surface area contributed by atoms with Crippen LogP contribution in [-0.4, -0.2) is 28.0 Å². The van der Waals surface area contributed by atoms with E-state index in [1.807, 2.05) is 34.9 Å². The van der Waals surface area contributed by atoms with Gasteiger partial charge in [0.25, 0.3) is 0 Å². The lowest BCUT2D eigenvalue weighted by atomic mass is 10.0. The number of rotatable bonds is 7. The molecule has 0 amide bonds. The molecule has 0 aliphatic heterocycles. The van der Waals surface area contributed by atoms with Gasteiger partial charge in [-0.15, -0.1) is 0 Å². The van der Waals surface area contributed by atoms with Gasteiger partial charge < -0.3 is 9.84 Å². The van der Waals surface area contributed by atoms with Crippen molar-refractivity contribution in [3.63, 3.8) is 0 Å². The minimum absolute atomic E-state index is 0.0676. The number of aryl methyl sites for hydroxylation is 1. The zero-order valence-electron chi connectivity index (χ0n) is 13.3. The number of aromatic nitrogens is 2. The van der Waals surface area contributed by atoms with Gasteiger partial charge in [0.15, 0.2) is 0 Å². The second-order valence-corrected chi connectivity index (χ2v) is 5.50. The third-order valence-electron chi connectivity index (χ3n) is 3.42. The maximum atomic E-state index is 11.9. The van der Waals surface area contributed by atoms with Gasteiger partial charge in [-0.05, 0) is 24.6 Å². The molecule has 1 unspecified atom stereocenters. The third kappa shape index (κ3) is 5.03. The largest absolute Gasteiger partial charge is 0.458 e. The molecule has 2 aromatic rings. The molecule has 0 aliphatic carbocycles. The van der Waals surface area contributed by atoms with Crippen LogP contribution in [0, 0.1) is 0 Å². The highest BCUT2D eigenvalue weighted by Crippen LogP contribution is 2.17. The van der Waals surface area contributed by atoms with Gasteiger partial charge in [-0.1, -0.05) is 12.1 Å². The summed E-state index contributed by atoms with van der Waals surface area (Å²) >= 11 is 0. The van der Waals surface area contributed by atoms with Gasteiger partial charge in [0.05, 0.1) is 18.7 Å². The van der Waals surface area contributed by atoms with Crippen LogP contribution < -0.4 is 4.57 Å². The molecule has 0 saturated heterocycles. The second-order valence-electron chi connectivity index (χ2n) is 5.50. The predicted octanol–water partition coefficient (Wildman–Crippen LogP) is 1.18. The van der Waals surface area contributed by atoms with E-state index in [0.717, 1.165) is 0 Å². The summed E-state index contributed by atoms with van der Waals surface area (Å²) in [6.45, 7) is 2.30. The van der Waals surface area contributed by atoms with Crippen molar-refractivity contribution in [1.29, 1.82) is 0 Å². The van der Waals surface area contributed by atoms with Crippen LogP contribution in [0.1, 0.15) is 35.4 Å². The number of benzene rings is 1. The first kappa shape index (κ1) is 16.9. The van der Waals surface area contributed by atoms with Crippen molar-refractivity contribution in [2.24, 2.45) is 7.05 Å². The Labute approximate surface area is 134 Å². The smallest absolute Gasteiger partial charge is 0.338 e. The standard InChI is InChI=1S/C17H21N2O4/c1-13(20)11-16(21)14-3-5-15(6-4-14)17(22)23-10-9-19-8-7-18(2)12-19/h3-8,12,16,21H,9-11H2,1-2H3/q+1. The molecule has 1 atom stereocenters. The average molecular weight is 317 g/mol. The number of aliphatic hydroxyl groups excluding tert-OH is 1. The van der Waals surface area contributed by atoms with E-state index in [4.69, 9.17) is 4.74 Å². The quantitative estimate of drug-likeness (QED) is 0.615. The number of aliphatic hydroxyl groups is 1. The van der Waals surface area contributed by atoms with E-state index in [0.29, 0.717) is 17.7 Å². The van der Waals surface area contributed by atoms with E-state index in [-0.39, 0.29) is 18.8 Å². The number of nitrogens with zero attached hydrogens (tertiary/aromatic N) is 2. The van der Waals surface area contributed by atoms with Crippen molar-refractivity contribution in [1.82, 2.24) is 4.57 Å². The molecule has 6 heteroatoms. The Kier molecular flexibility index (Phi) is 5.65. The highest BCUT2D eigenvalue weighted by atomic mass is 16.5. The third-order valence-corrected chi connectivity index (χ3v) is 3.42. The van der Waals surface area contributed by atoms with Gasteiger partial charge in [-0.3, -0.25) is 4.79 Å². The Morgan fingerprint density at radius 3 is 2.57 bits per heavy atom. The lowest BCUT2D eigenvalue weighted by molar-refractivity contribution is -0.671. The highest BCUT2D eigenvalue weighted by Gasteiger charge is 2.12. The number of esters is 1. The number of ketones is 1. The fourth-order valence-corrected chi connectivity index (χ4v) is 2.19. The summed E-state index contributed by atoms with van der Waals surface area (Å²) in [5.41, 5.74) is 1.03. The van der Waals surface area contributed by atoms with Crippen molar-refractivity contribution in [2.45, 2.75) is 26.0 Å². The summed E-state index contributed by atoms with van der Waals surface area (Å²) in [6, 6.07) is 6.46. The molecule has 0 fully saturated rings. The Balaban J connectivity index is 1.86. The number of imidazole rings is 1. The normalized spacial score (nSPS) is 12.0. The second kappa shape index (κ2) is 7.69. The zero-order chi connectivity index (χ0) is 16.8. The van der Waals surface area contributed by atoms with Crippen LogP contribution in [-0.2, 0) is 23.1 Å². The minimum Gasteiger partial charge on any atom is -0.458 e. The molecular formula is C17H21N2O4+. The molecular weight excluding hydrogens is 296 g/mol. The first-order valence-electron chi connectivity index (χ1n) is 7.41. The van der Waals surface area contributed by atoms with Crippen LogP contribution in [0.15, 0.2) is 43.0 Å². The molecule has 2 rings (SSSR count). The Morgan fingerprint density at radius 1 is 1.30 bits per heavy atom. The molecule has 0 spiro atoms. The lowest BCUT2D eigenvalue weighted by Crippen LogP contribution is -2.24. The van der Waals surface area contributed by atoms with E-state index in [9.17, 15) is 14.7 Å². The number of hydrogen-bond donors (Lipinski definition) is 1. The molecule has 122 valence electrons. The van der Waals surface area contributed by atoms with E-state index in [2.05, 4.69) is 0 Å². The number of ether oxygens (including phenoxy) is 1. The van der Waals surface area contributed by atoms with Crippen LogP contribution in [0.2, 0.25) is 0 Å². The maximum Gasteiger partial charge on any atom is 0.338 e. The molecule has 0 bridgehead atoms. The lowest BCUT2D eigenvalue weighted by Gasteiger charge is -2.09. The number of carbonyl (C=O) groups excluding carboxylic acids is 2. The summed E-state index contributed by atoms with van der Waals surface area (Å²) in [4.78, 5) is 22.9. The molecule has 1 heterocycles. The van der Waals surface area contributed by atoms with Gasteiger partial charge >= 0.3 is 5.97 Å². The Morgan fingerprint density at radius 2 is 2.00 bits per heavy atom. The average Bonchev–Trinajstić information content (AvgIpc) is 2.92. The Bertz CT molecular complexity index is 676. The molecule has 1 aromatic heterocycles. The van der Waals surface area contributed by atoms with Crippen molar-refractivity contribution >= 4 is 11.8 Å². The SMILES string of the molecule is CC(=O)CC(O)c1ccc(C(=O)OCCn2cc[n+](C)c2)cc1. The van der Waals surface area contributed by atoms with Gasteiger partial charge in [0.1, 0.15) is 31.3 Å². The van der Waals surface area contributed by atoms with Crippen LogP contribution >= 0.6 is 0 Å². The number of Topliss-reactive ketones (excluding diaryl/α,β-unsaturated/α-hetero) is 1. The van der Waals surface area contributed by atoms with Crippen LogP contribution in [0.4, 0.5) is 0 Å². The predicted molar refractivity (Wildman–Crippen MR) is 82.6 cm³/mol. The fraction of sp³-hybridized carbons (Fsp3) is 0.353. The number of carbonyl (C=O) groups is 2. The molecule has 1 N–H and O–H groups in total. The van der Waals surface area contributed by atoms with Crippen molar-refractivity contribution in [3.8, 4) is 0 Å². The molecule has 0 radical (unpaired) electrons. The van der Waals surface area contributed by atoms with Crippen molar-refractivity contribution < 1.29 is 24.0 Å². The topological polar surface area (TPSA) is 72.4 Å².